The molecule has 35 heavy (non-hydrogen) atoms. The van der Waals surface area contributed by atoms with Gasteiger partial charge in [-0.3, -0.25) is 30.5 Å². The molecule has 11 heteroatoms. The van der Waals surface area contributed by atoms with Crippen LogP contribution in [0, 0.1) is 0 Å². The number of nitrogens with one attached hydrogen (secondary N) is 2. The van der Waals surface area contributed by atoms with Gasteiger partial charge in [-0.05, 0) is 36.4 Å². The summed E-state index contributed by atoms with van der Waals surface area (Å²) in [7, 11) is 9.08. The van der Waals surface area contributed by atoms with E-state index >= 15 is 0 Å². The molecule has 1 heterocycles. The molecule has 0 fully saturated rings. The predicted octanol–water partition coefficient (Wildman–Crippen LogP) is 3.51. The lowest BCUT2D eigenvalue weighted by Crippen LogP contribution is -2.33. The van der Waals surface area contributed by atoms with E-state index in [1.807, 2.05) is 0 Å². The first-order valence-electron chi connectivity index (χ1n) is 10.4. The number of rotatable bonds is 10. The van der Waals surface area contributed by atoms with Gasteiger partial charge in [0.05, 0.1) is 39.6 Å². The lowest BCUT2D eigenvalue weighted by molar-refractivity contribution is 0.0815. The monoisotopic (exact) mass is 484 g/mol. The lowest BCUT2D eigenvalue weighted by atomic mass is 10.1. The van der Waals surface area contributed by atoms with Gasteiger partial charge >= 0.3 is 0 Å². The number of nitrogens with zero attached hydrogens (tertiary/aromatic N) is 2. The van der Waals surface area contributed by atoms with Gasteiger partial charge in [0, 0.05) is 26.2 Å². The van der Waals surface area contributed by atoms with Crippen LogP contribution >= 0.6 is 0 Å². The summed E-state index contributed by atoms with van der Waals surface area (Å²) in [6.07, 6.45) is 0. The zero-order valence-corrected chi connectivity index (χ0v) is 20.4. The normalized spacial score (nSPS) is 10.2. The van der Waals surface area contributed by atoms with Gasteiger partial charge in [-0.2, -0.15) is 0 Å². The Morgan fingerprint density at radius 1 is 0.657 bits per heavy atom. The van der Waals surface area contributed by atoms with Crippen molar-refractivity contribution in [3.05, 3.63) is 59.7 Å². The van der Waals surface area contributed by atoms with E-state index in [2.05, 4.69) is 10.9 Å². The lowest BCUT2D eigenvalue weighted by Gasteiger charge is -2.20. The highest BCUT2D eigenvalue weighted by molar-refractivity contribution is 5.98. The SMILES string of the molecule is COc1ccc(OC)c(C(=O)N(C)Nc2ccc(NN(C)C(=O)c3cc(OC)ccc3OC)o2)c1. The van der Waals surface area contributed by atoms with Crippen LogP contribution in [-0.4, -0.2) is 64.4 Å². The van der Waals surface area contributed by atoms with Gasteiger partial charge in [0.25, 0.3) is 11.8 Å². The fraction of sp³-hybridized carbons (Fsp3) is 0.250. The molecule has 2 N–H and O–H groups in total. The molecule has 2 aromatic carbocycles. The van der Waals surface area contributed by atoms with Crippen molar-refractivity contribution in [2.75, 3.05) is 53.4 Å². The minimum Gasteiger partial charge on any atom is -0.497 e. The van der Waals surface area contributed by atoms with Crippen molar-refractivity contribution in [2.24, 2.45) is 0 Å². The second-order valence-corrected chi connectivity index (χ2v) is 7.25. The molecule has 2 amide bonds. The Morgan fingerprint density at radius 3 is 1.40 bits per heavy atom. The third-order valence-electron chi connectivity index (χ3n) is 5.05. The third kappa shape index (κ3) is 5.69. The van der Waals surface area contributed by atoms with E-state index in [1.165, 1.54) is 38.5 Å². The molecular weight excluding hydrogens is 456 g/mol. The van der Waals surface area contributed by atoms with E-state index in [4.69, 9.17) is 23.4 Å². The fourth-order valence-corrected chi connectivity index (χ4v) is 3.21. The third-order valence-corrected chi connectivity index (χ3v) is 5.05. The number of ether oxygens (including phenoxy) is 4. The van der Waals surface area contributed by atoms with Crippen LogP contribution in [0.3, 0.4) is 0 Å². The van der Waals surface area contributed by atoms with Crippen LogP contribution in [0.25, 0.3) is 0 Å². The van der Waals surface area contributed by atoms with E-state index < -0.39 is 0 Å². The van der Waals surface area contributed by atoms with E-state index in [9.17, 15) is 9.59 Å². The topological polar surface area (TPSA) is 115 Å². The summed E-state index contributed by atoms with van der Waals surface area (Å²) < 4.78 is 26.7. The average molecular weight is 485 g/mol. The summed E-state index contributed by atoms with van der Waals surface area (Å²) in [5.74, 6) is 1.64. The summed E-state index contributed by atoms with van der Waals surface area (Å²) in [6.45, 7) is 0. The number of methoxy groups -OCH3 is 4. The minimum absolute atomic E-state index is 0.269. The Kier molecular flexibility index (Phi) is 7.92. The van der Waals surface area contributed by atoms with E-state index in [0.29, 0.717) is 34.1 Å². The first-order valence-corrected chi connectivity index (χ1v) is 10.4. The Morgan fingerprint density at radius 2 is 1.06 bits per heavy atom. The molecule has 0 saturated carbocycles. The zero-order chi connectivity index (χ0) is 25.5. The van der Waals surface area contributed by atoms with Gasteiger partial charge in [-0.25, -0.2) is 0 Å². The molecule has 0 saturated heterocycles. The van der Waals surface area contributed by atoms with Crippen LogP contribution in [0.5, 0.6) is 23.0 Å². The quantitative estimate of drug-likeness (QED) is 0.417. The highest BCUT2D eigenvalue weighted by Gasteiger charge is 2.21. The Balaban J connectivity index is 1.69. The first kappa shape index (κ1) is 25.1. The Hall–Kier alpha value is -4.54. The molecule has 0 atom stereocenters. The van der Waals surface area contributed by atoms with Crippen LogP contribution in [0.2, 0.25) is 0 Å². The Labute approximate surface area is 203 Å². The van der Waals surface area contributed by atoms with Crippen LogP contribution in [0.4, 0.5) is 11.8 Å². The summed E-state index contributed by atoms with van der Waals surface area (Å²) in [5, 5.41) is 2.49. The molecule has 11 nitrogen and oxygen atoms in total. The maximum absolute atomic E-state index is 12.9. The summed E-state index contributed by atoms with van der Waals surface area (Å²) >= 11 is 0. The molecule has 186 valence electrons. The standard InChI is InChI=1S/C24H28N4O7/c1-27(23(29)17-13-15(31-3)7-9-19(17)33-5)25-21-11-12-22(35-21)26-28(2)24(30)18-14-16(32-4)8-10-20(18)34-6/h7-14,25-26H,1-6H3. The van der Waals surface area contributed by atoms with Crippen LogP contribution < -0.4 is 29.8 Å². The van der Waals surface area contributed by atoms with Gasteiger partial charge in [-0.15, -0.1) is 0 Å². The van der Waals surface area contributed by atoms with Crippen molar-refractivity contribution in [2.45, 2.75) is 0 Å². The van der Waals surface area contributed by atoms with Gasteiger partial charge in [0.15, 0.2) is 0 Å². The molecular formula is C24H28N4O7. The van der Waals surface area contributed by atoms with Crippen LogP contribution in [-0.2, 0) is 0 Å². The molecule has 3 rings (SSSR count). The maximum atomic E-state index is 12.9. The van der Waals surface area contributed by atoms with E-state index in [1.54, 1.807) is 62.6 Å². The van der Waals surface area contributed by atoms with Crippen LogP contribution in [0.15, 0.2) is 52.9 Å². The van der Waals surface area contributed by atoms with Crippen molar-refractivity contribution in [1.82, 2.24) is 10.0 Å². The first-order chi connectivity index (χ1) is 16.8. The van der Waals surface area contributed by atoms with Gasteiger partial charge in [0.2, 0.25) is 11.8 Å². The highest BCUT2D eigenvalue weighted by atomic mass is 16.5. The second kappa shape index (κ2) is 11.1. The molecule has 0 aliphatic heterocycles. The van der Waals surface area contributed by atoms with Crippen molar-refractivity contribution >= 4 is 23.6 Å². The molecule has 0 aliphatic rings. The number of hydrogen-bond acceptors (Lipinski definition) is 9. The largest absolute Gasteiger partial charge is 0.497 e. The summed E-state index contributed by atoms with van der Waals surface area (Å²) in [5.41, 5.74) is 6.33. The van der Waals surface area contributed by atoms with Gasteiger partial charge in [0.1, 0.15) is 23.0 Å². The van der Waals surface area contributed by atoms with E-state index in [0.717, 1.165) is 0 Å². The predicted molar refractivity (Wildman–Crippen MR) is 129 cm³/mol. The fourth-order valence-electron chi connectivity index (χ4n) is 3.21. The summed E-state index contributed by atoms with van der Waals surface area (Å²) in [4.78, 5) is 25.9. The second-order valence-electron chi connectivity index (χ2n) is 7.25. The van der Waals surface area contributed by atoms with Gasteiger partial charge in [-0.1, -0.05) is 0 Å². The molecule has 0 radical (unpaired) electrons. The summed E-state index contributed by atoms with van der Waals surface area (Å²) in [6, 6.07) is 13.1. The highest BCUT2D eigenvalue weighted by Crippen LogP contribution is 2.27. The van der Waals surface area contributed by atoms with E-state index in [-0.39, 0.29) is 23.6 Å². The zero-order valence-electron chi connectivity index (χ0n) is 20.4. The number of benzene rings is 2. The number of anilines is 2. The molecule has 0 aliphatic carbocycles. The van der Waals surface area contributed by atoms with Crippen molar-refractivity contribution < 1.29 is 33.0 Å². The molecule has 0 unspecified atom stereocenters. The number of hydrogen-bond donors (Lipinski definition) is 2. The van der Waals surface area contributed by atoms with Crippen LogP contribution in [0.1, 0.15) is 20.7 Å². The number of hydrazine groups is 2. The molecule has 3 aromatic rings. The number of amides is 2. The number of carbonyl (C=O) groups is 2. The number of furan rings is 1. The van der Waals surface area contributed by atoms with Crippen molar-refractivity contribution in [3.63, 3.8) is 0 Å². The minimum atomic E-state index is -0.371. The van der Waals surface area contributed by atoms with Crippen molar-refractivity contribution in [3.8, 4) is 23.0 Å². The molecule has 0 bridgehead atoms. The average Bonchev–Trinajstić information content (AvgIpc) is 3.32. The number of carbonyl (C=O) groups excluding carboxylic acids is 2. The molecule has 0 spiro atoms. The maximum Gasteiger partial charge on any atom is 0.275 e. The smallest absolute Gasteiger partial charge is 0.275 e. The Bertz CT molecular complexity index is 1100. The van der Waals surface area contributed by atoms with Crippen molar-refractivity contribution in [1.29, 1.82) is 0 Å². The van der Waals surface area contributed by atoms with Gasteiger partial charge < -0.3 is 23.4 Å². The molecule has 1 aromatic heterocycles.